The Bertz CT molecular complexity index is 599. The highest BCUT2D eigenvalue weighted by atomic mass is 32.1. The van der Waals surface area contributed by atoms with Crippen LogP contribution in [0.25, 0.3) is 0 Å². The minimum absolute atomic E-state index is 0.0605. The molecule has 1 heterocycles. The maximum atomic E-state index is 6.01. The molecular formula is C17H24N2OS. The Morgan fingerprint density at radius 1 is 1.29 bits per heavy atom. The number of ether oxygens (including phenoxy) is 1. The number of benzene rings is 1. The van der Waals surface area contributed by atoms with E-state index in [4.69, 9.17) is 10.5 Å². The lowest BCUT2D eigenvalue weighted by molar-refractivity contribution is 0.293. The molecule has 1 aromatic carbocycles. The zero-order valence-corrected chi connectivity index (χ0v) is 14.1. The number of aromatic nitrogens is 1. The van der Waals surface area contributed by atoms with Gasteiger partial charge in [-0.05, 0) is 29.0 Å². The van der Waals surface area contributed by atoms with Gasteiger partial charge in [0.1, 0.15) is 17.4 Å². The third-order valence-electron chi connectivity index (χ3n) is 3.41. The van der Waals surface area contributed by atoms with Gasteiger partial charge in [-0.1, -0.05) is 39.8 Å². The van der Waals surface area contributed by atoms with Gasteiger partial charge in [-0.3, -0.25) is 0 Å². The summed E-state index contributed by atoms with van der Waals surface area (Å²) in [5.41, 5.74) is 9.18. The SMILES string of the molecule is CCc1ccc(OCc2csc(CN)n2)c(C(C)(C)C)c1. The first-order chi connectivity index (χ1) is 9.94. The van der Waals surface area contributed by atoms with Crippen molar-refractivity contribution < 1.29 is 4.74 Å². The lowest BCUT2D eigenvalue weighted by Gasteiger charge is -2.23. The number of nitrogens with two attached hydrogens (primary N) is 1. The van der Waals surface area contributed by atoms with Gasteiger partial charge >= 0.3 is 0 Å². The van der Waals surface area contributed by atoms with E-state index in [-0.39, 0.29) is 5.41 Å². The molecule has 0 fully saturated rings. The molecule has 3 nitrogen and oxygen atoms in total. The van der Waals surface area contributed by atoms with E-state index in [1.807, 2.05) is 5.38 Å². The average Bonchev–Trinajstić information content (AvgIpc) is 2.92. The van der Waals surface area contributed by atoms with E-state index in [1.54, 1.807) is 11.3 Å². The Hall–Kier alpha value is -1.39. The quantitative estimate of drug-likeness (QED) is 0.907. The van der Waals surface area contributed by atoms with Gasteiger partial charge in [0.25, 0.3) is 0 Å². The molecule has 0 amide bonds. The standard InChI is InChI=1S/C17H24N2OS/c1-5-12-6-7-15(14(8-12)17(2,3)4)20-10-13-11-21-16(9-18)19-13/h6-8,11H,5,9-10,18H2,1-4H3. The summed E-state index contributed by atoms with van der Waals surface area (Å²) in [5, 5.41) is 2.96. The van der Waals surface area contributed by atoms with Gasteiger partial charge in [-0.2, -0.15) is 0 Å². The zero-order valence-electron chi connectivity index (χ0n) is 13.3. The van der Waals surface area contributed by atoms with E-state index in [2.05, 4.69) is 50.9 Å². The molecule has 0 aliphatic rings. The fraction of sp³-hybridized carbons (Fsp3) is 0.471. The maximum Gasteiger partial charge on any atom is 0.131 e. The number of nitrogens with zero attached hydrogens (tertiary/aromatic N) is 1. The van der Waals surface area contributed by atoms with Crippen molar-refractivity contribution in [2.45, 2.75) is 52.7 Å². The summed E-state index contributed by atoms with van der Waals surface area (Å²) in [7, 11) is 0. The second-order valence-electron chi connectivity index (χ2n) is 6.16. The van der Waals surface area contributed by atoms with Crippen LogP contribution >= 0.6 is 11.3 Å². The number of aryl methyl sites for hydroxylation is 1. The molecular weight excluding hydrogens is 280 g/mol. The number of thiazole rings is 1. The normalized spacial score (nSPS) is 11.7. The minimum Gasteiger partial charge on any atom is -0.487 e. The van der Waals surface area contributed by atoms with Crippen LogP contribution < -0.4 is 10.5 Å². The summed E-state index contributed by atoms with van der Waals surface area (Å²) in [6.07, 6.45) is 1.04. The van der Waals surface area contributed by atoms with Crippen molar-refractivity contribution >= 4 is 11.3 Å². The van der Waals surface area contributed by atoms with Crippen LogP contribution in [0.15, 0.2) is 23.6 Å². The van der Waals surface area contributed by atoms with Crippen LogP contribution in [0.2, 0.25) is 0 Å². The Balaban J connectivity index is 2.19. The zero-order chi connectivity index (χ0) is 15.5. The topological polar surface area (TPSA) is 48.1 Å². The molecule has 1 aromatic heterocycles. The highest BCUT2D eigenvalue weighted by molar-refractivity contribution is 7.09. The third-order valence-corrected chi connectivity index (χ3v) is 4.33. The van der Waals surface area contributed by atoms with Gasteiger partial charge in [0.05, 0.1) is 5.69 Å². The molecule has 0 saturated carbocycles. The van der Waals surface area contributed by atoms with Crippen LogP contribution in [0.4, 0.5) is 0 Å². The summed E-state index contributed by atoms with van der Waals surface area (Å²) < 4.78 is 6.01. The molecule has 0 saturated heterocycles. The molecule has 114 valence electrons. The molecule has 0 bridgehead atoms. The van der Waals surface area contributed by atoms with Gasteiger partial charge < -0.3 is 10.5 Å². The molecule has 0 radical (unpaired) electrons. The highest BCUT2D eigenvalue weighted by Crippen LogP contribution is 2.33. The molecule has 0 aliphatic heterocycles. The van der Waals surface area contributed by atoms with E-state index < -0.39 is 0 Å². The third kappa shape index (κ3) is 4.05. The van der Waals surface area contributed by atoms with Crippen molar-refractivity contribution in [1.29, 1.82) is 0 Å². The maximum absolute atomic E-state index is 6.01. The first kappa shape index (κ1) is 16.0. The van der Waals surface area contributed by atoms with Crippen LogP contribution in [-0.2, 0) is 25.0 Å². The van der Waals surface area contributed by atoms with Crippen molar-refractivity contribution in [3.05, 3.63) is 45.4 Å². The molecule has 2 rings (SSSR count). The van der Waals surface area contributed by atoms with Gasteiger partial charge in [0.15, 0.2) is 0 Å². The van der Waals surface area contributed by atoms with E-state index in [0.717, 1.165) is 22.9 Å². The summed E-state index contributed by atoms with van der Waals surface area (Å²) in [6.45, 7) is 9.79. The monoisotopic (exact) mass is 304 g/mol. The van der Waals surface area contributed by atoms with Crippen LogP contribution in [-0.4, -0.2) is 4.98 Å². The first-order valence-corrected chi connectivity index (χ1v) is 8.21. The van der Waals surface area contributed by atoms with Crippen molar-refractivity contribution in [3.8, 4) is 5.75 Å². The van der Waals surface area contributed by atoms with E-state index in [0.29, 0.717) is 13.2 Å². The first-order valence-electron chi connectivity index (χ1n) is 7.33. The minimum atomic E-state index is 0.0605. The number of hydrogen-bond acceptors (Lipinski definition) is 4. The molecule has 4 heteroatoms. The predicted molar refractivity (Wildman–Crippen MR) is 88.9 cm³/mol. The predicted octanol–water partition coefficient (Wildman–Crippen LogP) is 4.04. The van der Waals surface area contributed by atoms with Gasteiger partial charge in [0.2, 0.25) is 0 Å². The average molecular weight is 304 g/mol. The molecule has 0 aliphatic carbocycles. The molecule has 0 spiro atoms. The molecule has 0 atom stereocenters. The van der Waals surface area contributed by atoms with Crippen LogP contribution in [0.5, 0.6) is 5.75 Å². The Morgan fingerprint density at radius 3 is 2.62 bits per heavy atom. The number of hydrogen-bond donors (Lipinski definition) is 1. The summed E-state index contributed by atoms with van der Waals surface area (Å²) >= 11 is 1.58. The second-order valence-corrected chi connectivity index (χ2v) is 7.10. The summed E-state index contributed by atoms with van der Waals surface area (Å²) in [6, 6.07) is 6.47. The largest absolute Gasteiger partial charge is 0.487 e. The summed E-state index contributed by atoms with van der Waals surface area (Å²) in [5.74, 6) is 0.946. The van der Waals surface area contributed by atoms with Gasteiger partial charge in [0, 0.05) is 11.9 Å². The Labute approximate surface area is 131 Å². The fourth-order valence-electron chi connectivity index (χ4n) is 2.17. The van der Waals surface area contributed by atoms with E-state index in [1.165, 1.54) is 11.1 Å². The second kappa shape index (κ2) is 6.58. The lowest BCUT2D eigenvalue weighted by atomic mass is 9.85. The van der Waals surface area contributed by atoms with Crippen LogP contribution in [0, 0.1) is 0 Å². The van der Waals surface area contributed by atoms with E-state index >= 15 is 0 Å². The van der Waals surface area contributed by atoms with E-state index in [9.17, 15) is 0 Å². The van der Waals surface area contributed by atoms with Gasteiger partial charge in [-0.25, -0.2) is 4.98 Å². The van der Waals surface area contributed by atoms with Crippen molar-refractivity contribution in [2.75, 3.05) is 0 Å². The lowest BCUT2D eigenvalue weighted by Crippen LogP contribution is -2.14. The fourth-order valence-corrected chi connectivity index (χ4v) is 2.83. The molecule has 21 heavy (non-hydrogen) atoms. The Kier molecular flexibility index (Phi) is 5.01. The summed E-state index contributed by atoms with van der Waals surface area (Å²) in [4.78, 5) is 4.44. The number of rotatable bonds is 5. The van der Waals surface area contributed by atoms with Crippen LogP contribution in [0.1, 0.15) is 49.5 Å². The molecule has 2 aromatic rings. The van der Waals surface area contributed by atoms with Crippen molar-refractivity contribution in [1.82, 2.24) is 4.98 Å². The smallest absolute Gasteiger partial charge is 0.131 e. The van der Waals surface area contributed by atoms with Crippen molar-refractivity contribution in [3.63, 3.8) is 0 Å². The molecule has 2 N–H and O–H groups in total. The highest BCUT2D eigenvalue weighted by Gasteiger charge is 2.19. The van der Waals surface area contributed by atoms with Crippen LogP contribution in [0.3, 0.4) is 0 Å². The Morgan fingerprint density at radius 2 is 2.05 bits per heavy atom. The molecule has 0 unspecified atom stereocenters. The van der Waals surface area contributed by atoms with Crippen molar-refractivity contribution in [2.24, 2.45) is 5.73 Å². The van der Waals surface area contributed by atoms with Gasteiger partial charge in [-0.15, -0.1) is 11.3 Å².